The van der Waals surface area contributed by atoms with Gasteiger partial charge in [-0.05, 0) is 38.3 Å². The monoisotopic (exact) mass is 458 g/mol. The molecule has 0 aliphatic heterocycles. The average Bonchev–Trinajstić information content (AvgIpc) is 3.14. The van der Waals surface area contributed by atoms with Crippen LogP contribution in [0.25, 0.3) is 11.1 Å². The van der Waals surface area contributed by atoms with Gasteiger partial charge >= 0.3 is 5.97 Å². The highest BCUT2D eigenvalue weighted by molar-refractivity contribution is 7.15. The van der Waals surface area contributed by atoms with E-state index >= 15 is 0 Å². The van der Waals surface area contributed by atoms with Crippen molar-refractivity contribution in [2.75, 3.05) is 12.4 Å². The van der Waals surface area contributed by atoms with Gasteiger partial charge in [-0.2, -0.15) is 0 Å². The predicted molar refractivity (Wildman–Crippen MR) is 117 cm³/mol. The molecule has 3 heterocycles. The first-order valence-corrected chi connectivity index (χ1v) is 10.7. The third-order valence-electron chi connectivity index (χ3n) is 5.14. The Hall–Kier alpha value is -3.04. The first-order valence-electron chi connectivity index (χ1n) is 9.55. The molecule has 10 heteroatoms. The van der Waals surface area contributed by atoms with Crippen molar-refractivity contribution in [2.24, 2.45) is 5.92 Å². The molecule has 0 saturated heterocycles. The average molecular weight is 459 g/mol. The van der Waals surface area contributed by atoms with E-state index in [1.807, 2.05) is 6.92 Å². The van der Waals surface area contributed by atoms with E-state index in [1.165, 1.54) is 30.8 Å². The number of carbonyl (C=O) groups excluding carboxylic acids is 1. The van der Waals surface area contributed by atoms with Crippen molar-refractivity contribution in [3.8, 4) is 16.9 Å². The number of amides is 1. The van der Waals surface area contributed by atoms with Gasteiger partial charge in [-0.1, -0.05) is 11.6 Å². The summed E-state index contributed by atoms with van der Waals surface area (Å²) in [5.41, 5.74) is 3.15. The molecular formula is C21H19ClN4O4S. The van der Waals surface area contributed by atoms with Crippen LogP contribution in [0, 0.1) is 12.8 Å². The number of aromatic nitrogens is 3. The fourth-order valence-electron chi connectivity index (χ4n) is 3.56. The van der Waals surface area contributed by atoms with Crippen molar-refractivity contribution < 1.29 is 19.4 Å². The number of aliphatic carboxylic acids is 1. The Labute approximate surface area is 187 Å². The molecule has 3 aromatic rings. The Kier molecular flexibility index (Phi) is 5.88. The van der Waals surface area contributed by atoms with Crippen LogP contribution in [-0.2, 0) is 17.6 Å². The number of carboxylic acid groups (broad SMARTS) is 1. The van der Waals surface area contributed by atoms with Crippen molar-refractivity contribution in [3.63, 3.8) is 0 Å². The van der Waals surface area contributed by atoms with Crippen molar-refractivity contribution >= 4 is 39.9 Å². The summed E-state index contributed by atoms with van der Waals surface area (Å²) in [5, 5.41) is 12.8. The van der Waals surface area contributed by atoms with Gasteiger partial charge in [0.15, 0.2) is 5.13 Å². The van der Waals surface area contributed by atoms with Crippen LogP contribution in [-0.4, -0.2) is 39.0 Å². The maximum absolute atomic E-state index is 13.1. The van der Waals surface area contributed by atoms with Crippen LogP contribution in [0.2, 0.25) is 5.15 Å². The van der Waals surface area contributed by atoms with E-state index < -0.39 is 11.9 Å². The SMILES string of the molecule is COc1cnc(Cl)cc1-c1cc(C)ncc1C(=O)Nc1nc2c(s1)C[C@H](C(=O)O)CC2. The summed E-state index contributed by atoms with van der Waals surface area (Å²) in [5.74, 6) is -1.11. The number of rotatable bonds is 5. The number of carbonyl (C=O) groups is 2. The highest BCUT2D eigenvalue weighted by Crippen LogP contribution is 2.35. The highest BCUT2D eigenvalue weighted by atomic mass is 35.5. The van der Waals surface area contributed by atoms with Gasteiger partial charge in [0, 0.05) is 27.9 Å². The third-order valence-corrected chi connectivity index (χ3v) is 6.38. The molecule has 0 bridgehead atoms. The van der Waals surface area contributed by atoms with Crippen LogP contribution in [0.5, 0.6) is 5.75 Å². The smallest absolute Gasteiger partial charge is 0.306 e. The lowest BCUT2D eigenvalue weighted by molar-refractivity contribution is -0.142. The molecule has 1 aliphatic rings. The number of anilines is 1. The Morgan fingerprint density at radius 1 is 1.26 bits per heavy atom. The number of fused-ring (bicyclic) bond motifs is 1. The number of aryl methyl sites for hydroxylation is 2. The van der Waals surface area contributed by atoms with E-state index in [9.17, 15) is 14.7 Å². The summed E-state index contributed by atoms with van der Waals surface area (Å²) in [4.78, 5) is 38.1. The minimum atomic E-state index is -0.801. The number of nitrogens with one attached hydrogen (secondary N) is 1. The molecule has 3 aromatic heterocycles. The number of halogens is 1. The number of methoxy groups -OCH3 is 1. The van der Waals surface area contributed by atoms with Crippen LogP contribution in [0.1, 0.15) is 33.0 Å². The Morgan fingerprint density at radius 3 is 2.81 bits per heavy atom. The van der Waals surface area contributed by atoms with Crippen LogP contribution in [0.15, 0.2) is 24.5 Å². The maximum atomic E-state index is 13.1. The second-order valence-corrected chi connectivity index (χ2v) is 8.67. The summed E-state index contributed by atoms with van der Waals surface area (Å²) < 4.78 is 5.40. The Balaban J connectivity index is 1.65. The molecule has 0 unspecified atom stereocenters. The molecule has 1 atom stereocenters. The van der Waals surface area contributed by atoms with Gasteiger partial charge in [-0.15, -0.1) is 11.3 Å². The van der Waals surface area contributed by atoms with E-state index in [1.54, 1.807) is 12.1 Å². The topological polar surface area (TPSA) is 114 Å². The molecule has 2 N–H and O–H groups in total. The standard InChI is InChI=1S/C21H19ClN4O4S/c1-10-5-12(13-7-18(22)24-9-16(13)30-2)14(8-23-10)19(27)26-21-25-15-4-3-11(20(28)29)6-17(15)31-21/h5,7-9,11H,3-4,6H2,1-2H3,(H,28,29)(H,25,26,27)/t11-/m1/s1. The van der Waals surface area contributed by atoms with Gasteiger partial charge in [-0.3, -0.25) is 19.9 Å². The molecule has 1 aliphatic carbocycles. The number of hydrogen-bond donors (Lipinski definition) is 2. The Morgan fingerprint density at radius 2 is 2.06 bits per heavy atom. The van der Waals surface area contributed by atoms with Gasteiger partial charge in [0.1, 0.15) is 10.9 Å². The molecule has 0 fully saturated rings. The number of carboxylic acids is 1. The molecule has 0 aromatic carbocycles. The molecular weight excluding hydrogens is 440 g/mol. The highest BCUT2D eigenvalue weighted by Gasteiger charge is 2.28. The second kappa shape index (κ2) is 8.60. The van der Waals surface area contributed by atoms with Crippen molar-refractivity contribution in [1.29, 1.82) is 0 Å². The Bertz CT molecular complexity index is 1180. The summed E-state index contributed by atoms with van der Waals surface area (Å²) in [6.07, 6.45) is 4.57. The summed E-state index contributed by atoms with van der Waals surface area (Å²) in [7, 11) is 1.52. The first-order chi connectivity index (χ1) is 14.9. The van der Waals surface area contributed by atoms with Crippen molar-refractivity contribution in [2.45, 2.75) is 26.2 Å². The molecule has 31 heavy (non-hydrogen) atoms. The number of ether oxygens (including phenoxy) is 1. The van der Waals surface area contributed by atoms with Crippen molar-refractivity contribution in [1.82, 2.24) is 15.0 Å². The number of thiazole rings is 1. The van der Waals surface area contributed by atoms with E-state index in [0.29, 0.717) is 46.8 Å². The molecule has 0 radical (unpaired) electrons. The van der Waals surface area contributed by atoms with E-state index in [4.69, 9.17) is 16.3 Å². The van der Waals surface area contributed by atoms with Crippen LogP contribution >= 0.6 is 22.9 Å². The third kappa shape index (κ3) is 4.38. The van der Waals surface area contributed by atoms with Gasteiger partial charge in [-0.25, -0.2) is 9.97 Å². The molecule has 4 rings (SSSR count). The lowest BCUT2D eigenvalue weighted by Gasteiger charge is -2.16. The van der Waals surface area contributed by atoms with E-state index in [-0.39, 0.29) is 11.1 Å². The minimum Gasteiger partial charge on any atom is -0.494 e. The molecule has 8 nitrogen and oxygen atoms in total. The molecule has 0 spiro atoms. The van der Waals surface area contributed by atoms with E-state index in [2.05, 4.69) is 20.3 Å². The summed E-state index contributed by atoms with van der Waals surface area (Å²) >= 11 is 7.40. The lowest BCUT2D eigenvalue weighted by Crippen LogP contribution is -2.21. The van der Waals surface area contributed by atoms with Gasteiger partial charge in [0.25, 0.3) is 5.91 Å². The summed E-state index contributed by atoms with van der Waals surface area (Å²) in [6.45, 7) is 1.83. The fraction of sp³-hybridized carbons (Fsp3) is 0.286. The summed E-state index contributed by atoms with van der Waals surface area (Å²) in [6, 6.07) is 3.42. The van der Waals surface area contributed by atoms with Gasteiger partial charge in [0.2, 0.25) is 0 Å². The lowest BCUT2D eigenvalue weighted by atomic mass is 9.91. The number of pyridine rings is 2. The first kappa shape index (κ1) is 21.2. The predicted octanol–water partition coefficient (Wildman–Crippen LogP) is 4.01. The zero-order chi connectivity index (χ0) is 22.1. The zero-order valence-electron chi connectivity index (χ0n) is 16.8. The zero-order valence-corrected chi connectivity index (χ0v) is 18.4. The molecule has 160 valence electrons. The largest absolute Gasteiger partial charge is 0.494 e. The number of hydrogen-bond acceptors (Lipinski definition) is 7. The van der Waals surface area contributed by atoms with Crippen LogP contribution in [0.3, 0.4) is 0 Å². The molecule has 1 amide bonds. The molecule has 0 saturated carbocycles. The maximum Gasteiger partial charge on any atom is 0.306 e. The van der Waals surface area contributed by atoms with Gasteiger partial charge < -0.3 is 9.84 Å². The fourth-order valence-corrected chi connectivity index (χ4v) is 4.80. The van der Waals surface area contributed by atoms with Crippen LogP contribution in [0.4, 0.5) is 5.13 Å². The second-order valence-electron chi connectivity index (χ2n) is 7.20. The van der Waals surface area contributed by atoms with Crippen molar-refractivity contribution in [3.05, 3.63) is 51.5 Å². The van der Waals surface area contributed by atoms with Crippen LogP contribution < -0.4 is 10.1 Å². The number of nitrogens with zero attached hydrogens (tertiary/aromatic N) is 3. The van der Waals surface area contributed by atoms with E-state index in [0.717, 1.165) is 16.3 Å². The normalized spacial score (nSPS) is 15.3. The minimum absolute atomic E-state index is 0.275. The van der Waals surface area contributed by atoms with Gasteiger partial charge in [0.05, 0.1) is 30.5 Å². The quantitative estimate of drug-likeness (QED) is 0.555.